The Labute approximate surface area is 112 Å². The van der Waals surface area contributed by atoms with Gasteiger partial charge in [0.25, 0.3) is 5.71 Å². The van der Waals surface area contributed by atoms with Crippen molar-refractivity contribution in [3.05, 3.63) is 40.7 Å². The number of aliphatic carboxylic acids is 1. The number of ether oxygens (including phenoxy) is 1. The van der Waals surface area contributed by atoms with Crippen LogP contribution in [0.3, 0.4) is 0 Å². The Hall–Kier alpha value is -1.95. The summed E-state index contributed by atoms with van der Waals surface area (Å²) < 4.78 is 31.6. The highest BCUT2D eigenvalue weighted by Gasteiger charge is 2.49. The third-order valence-corrected chi connectivity index (χ3v) is 2.80. The highest BCUT2D eigenvalue weighted by Crippen LogP contribution is 2.27. The molecule has 1 aliphatic rings. The molecule has 1 aliphatic heterocycles. The molecular weight excluding hydrogens is 280 g/mol. The van der Waals surface area contributed by atoms with Gasteiger partial charge >= 0.3 is 18.3 Å². The quantitative estimate of drug-likeness (QED) is 0.866. The molecule has 1 aromatic rings. The Morgan fingerprint density at radius 1 is 1.47 bits per heavy atom. The number of halogens is 3. The number of nitrogens with zero attached hydrogens (tertiary/aromatic N) is 1. The minimum atomic E-state index is -2.87. The first-order valence-corrected chi connectivity index (χ1v) is 5.59. The van der Waals surface area contributed by atoms with Crippen LogP contribution in [0.2, 0.25) is 5.02 Å². The molecule has 7 heteroatoms. The molecule has 2 rings (SSSR count). The lowest BCUT2D eigenvalue weighted by Crippen LogP contribution is -2.41. The fraction of sp³-hybridized carbons (Fsp3) is 0.167. The van der Waals surface area contributed by atoms with E-state index in [1.54, 1.807) is 18.2 Å². The fourth-order valence-corrected chi connectivity index (χ4v) is 1.90. The van der Waals surface area contributed by atoms with Gasteiger partial charge in [-0.25, -0.2) is 4.79 Å². The Bertz CT molecular complexity index is 611. The summed E-state index contributed by atoms with van der Waals surface area (Å²) >= 11 is 5.75. The second-order valence-corrected chi connectivity index (χ2v) is 4.23. The third-order valence-electron chi connectivity index (χ3n) is 2.57. The normalized spacial score (nSPS) is 14.8. The molecule has 1 aromatic carbocycles. The molecule has 0 saturated heterocycles. The van der Waals surface area contributed by atoms with Crippen LogP contribution in [0.4, 0.5) is 8.78 Å². The van der Waals surface area contributed by atoms with Gasteiger partial charge in [-0.05, 0) is 18.2 Å². The van der Waals surface area contributed by atoms with Gasteiger partial charge in [-0.2, -0.15) is 13.4 Å². The van der Waals surface area contributed by atoms with E-state index in [0.29, 0.717) is 5.02 Å². The summed E-state index contributed by atoms with van der Waals surface area (Å²) in [5.74, 6) is -1.31. The average Bonchev–Trinajstić information content (AvgIpc) is 2.31. The van der Waals surface area contributed by atoms with Crippen LogP contribution in [0.25, 0.3) is 0 Å². The van der Waals surface area contributed by atoms with Gasteiger partial charge in [-0.3, -0.25) is 0 Å². The van der Waals surface area contributed by atoms with Crippen LogP contribution in [0.1, 0.15) is 0 Å². The predicted molar refractivity (Wildman–Crippen MR) is 63.9 cm³/mol. The van der Waals surface area contributed by atoms with Crippen molar-refractivity contribution in [2.75, 3.05) is 7.05 Å². The molecule has 1 N–H and O–H groups in total. The van der Waals surface area contributed by atoms with Crippen molar-refractivity contribution in [2.24, 2.45) is 0 Å². The Morgan fingerprint density at radius 2 is 2.16 bits per heavy atom. The maximum atomic E-state index is 12.7. The summed E-state index contributed by atoms with van der Waals surface area (Å²) in [6, 6.07) is 6.23. The number of carboxylic acids is 1. The lowest BCUT2D eigenvalue weighted by molar-refractivity contribution is -0.488. The van der Waals surface area contributed by atoms with Crippen molar-refractivity contribution < 1.29 is 28.0 Å². The van der Waals surface area contributed by atoms with Gasteiger partial charge < -0.3 is 9.84 Å². The van der Waals surface area contributed by atoms with Gasteiger partial charge in [0.1, 0.15) is 12.8 Å². The second-order valence-electron chi connectivity index (χ2n) is 3.79. The number of carboxylic acid groups (broad SMARTS) is 1. The zero-order valence-corrected chi connectivity index (χ0v) is 10.5. The molecule has 0 radical (unpaired) electrons. The molecule has 100 valence electrons. The summed E-state index contributed by atoms with van der Waals surface area (Å²) in [6.07, 6.45) is -2.87. The molecule has 0 saturated carbocycles. The average molecular weight is 289 g/mol. The number of alkyl halides is 2. The fourth-order valence-electron chi connectivity index (χ4n) is 1.72. The molecule has 0 aromatic heterocycles. The monoisotopic (exact) mass is 288 g/mol. The molecule has 4 nitrogen and oxygen atoms in total. The minimum Gasteiger partial charge on any atom is -0.477 e. The molecule has 0 aliphatic carbocycles. The van der Waals surface area contributed by atoms with E-state index >= 15 is 0 Å². The lowest BCUT2D eigenvalue weighted by Gasteiger charge is -2.17. The molecule has 19 heavy (non-hydrogen) atoms. The van der Waals surface area contributed by atoms with Crippen LogP contribution < -0.4 is 4.74 Å². The molecule has 0 amide bonds. The highest BCUT2D eigenvalue weighted by atomic mass is 35.5. The van der Waals surface area contributed by atoms with E-state index in [2.05, 4.69) is 0 Å². The van der Waals surface area contributed by atoms with Crippen LogP contribution in [0, 0.1) is 0 Å². The van der Waals surface area contributed by atoms with E-state index < -0.39 is 23.7 Å². The Kier molecular flexibility index (Phi) is 3.53. The van der Waals surface area contributed by atoms with E-state index in [9.17, 15) is 13.6 Å². The summed E-state index contributed by atoms with van der Waals surface area (Å²) in [6.45, 7) is 0. The van der Waals surface area contributed by atoms with E-state index in [-0.39, 0.29) is 11.6 Å². The molecule has 1 heterocycles. The molecule has 0 bridgehead atoms. The summed E-state index contributed by atoms with van der Waals surface area (Å²) in [7, 11) is 1.31. The molecular formula is C12H9ClF2NO3+. The van der Waals surface area contributed by atoms with Crippen molar-refractivity contribution in [3.8, 4) is 5.75 Å². The zero-order valence-electron chi connectivity index (χ0n) is 9.73. The maximum Gasteiger partial charge on any atom is 0.395 e. The molecule has 0 atom stereocenters. The molecule has 0 unspecified atom stereocenters. The molecule has 0 spiro atoms. The van der Waals surface area contributed by atoms with Crippen LogP contribution in [0.5, 0.6) is 5.75 Å². The van der Waals surface area contributed by atoms with Gasteiger partial charge in [0.15, 0.2) is 0 Å². The van der Waals surface area contributed by atoms with Crippen LogP contribution in [-0.2, 0) is 4.79 Å². The second kappa shape index (κ2) is 4.97. The zero-order chi connectivity index (χ0) is 14.2. The Morgan fingerprint density at radius 3 is 2.68 bits per heavy atom. The first-order chi connectivity index (χ1) is 8.91. The largest absolute Gasteiger partial charge is 0.477 e. The van der Waals surface area contributed by atoms with E-state index in [0.717, 1.165) is 4.58 Å². The number of hydrogen-bond acceptors (Lipinski definition) is 2. The van der Waals surface area contributed by atoms with Crippen molar-refractivity contribution in [3.63, 3.8) is 0 Å². The summed E-state index contributed by atoms with van der Waals surface area (Å²) in [5.41, 5.74) is -1.08. The van der Waals surface area contributed by atoms with Gasteiger partial charge in [0.2, 0.25) is 5.57 Å². The topological polar surface area (TPSA) is 49.5 Å². The van der Waals surface area contributed by atoms with Crippen molar-refractivity contribution in [2.45, 2.75) is 6.43 Å². The number of rotatable bonds is 4. The van der Waals surface area contributed by atoms with Gasteiger partial charge in [-0.15, -0.1) is 0 Å². The first kappa shape index (κ1) is 13.5. The Balaban J connectivity index is 2.31. The smallest absolute Gasteiger partial charge is 0.395 e. The van der Waals surface area contributed by atoms with Gasteiger partial charge in [0, 0.05) is 5.02 Å². The SMILES string of the molecule is C[N+]1=C(C(F)F)C(C(=O)O)=C1Oc1cccc(Cl)c1. The first-order valence-electron chi connectivity index (χ1n) is 5.22. The van der Waals surface area contributed by atoms with E-state index in [1.165, 1.54) is 13.1 Å². The standard InChI is InChI=1S/C12H8ClF2NO3/c1-16-9(10(14)15)8(12(17)18)11(16)19-7-4-2-3-6(13)5-7/h2-5,10H,1H3/p+1. The van der Waals surface area contributed by atoms with E-state index in [1.807, 2.05) is 0 Å². The minimum absolute atomic E-state index is 0.134. The third kappa shape index (κ3) is 2.44. The number of carbonyl (C=O) groups is 1. The van der Waals surface area contributed by atoms with Crippen molar-refractivity contribution in [1.82, 2.24) is 0 Å². The highest BCUT2D eigenvalue weighted by molar-refractivity contribution is 6.30. The summed E-state index contributed by atoms with van der Waals surface area (Å²) in [5, 5.41) is 9.33. The van der Waals surface area contributed by atoms with Gasteiger partial charge in [-0.1, -0.05) is 17.7 Å². The number of hydrogen-bond donors (Lipinski definition) is 1. The molecule has 0 fully saturated rings. The van der Waals surface area contributed by atoms with Crippen LogP contribution >= 0.6 is 11.6 Å². The van der Waals surface area contributed by atoms with Crippen molar-refractivity contribution >= 4 is 23.3 Å². The van der Waals surface area contributed by atoms with Crippen LogP contribution in [0.15, 0.2) is 35.7 Å². The number of benzene rings is 1. The predicted octanol–water partition coefficient (Wildman–Crippen LogP) is 2.38. The summed E-state index contributed by atoms with van der Waals surface area (Å²) in [4.78, 5) is 11.0. The van der Waals surface area contributed by atoms with E-state index in [4.69, 9.17) is 21.4 Å². The lowest BCUT2D eigenvalue weighted by atomic mass is 10.1. The van der Waals surface area contributed by atoms with Crippen molar-refractivity contribution in [1.29, 1.82) is 0 Å². The van der Waals surface area contributed by atoms with Crippen LogP contribution in [-0.4, -0.2) is 34.8 Å². The maximum absolute atomic E-state index is 12.7. The van der Waals surface area contributed by atoms with Gasteiger partial charge in [0.05, 0.1) is 0 Å².